The normalized spacial score (nSPS) is 14.5. The topological polar surface area (TPSA) is 3.24 Å². The van der Waals surface area contributed by atoms with E-state index in [9.17, 15) is 0 Å². The summed E-state index contributed by atoms with van der Waals surface area (Å²) in [5.74, 6) is 0. The Labute approximate surface area is 150 Å². The minimum Gasteiger partial charge on any atom is -0.369 e. The molecule has 0 radical (unpaired) electrons. The molecule has 0 amide bonds. The third kappa shape index (κ3) is 3.83. The van der Waals surface area contributed by atoms with E-state index in [2.05, 4.69) is 96.0 Å². The Morgan fingerprint density at radius 2 is 1.20 bits per heavy atom. The molecule has 0 heterocycles. The Kier molecular flexibility index (Phi) is 4.65. The van der Waals surface area contributed by atoms with Gasteiger partial charge >= 0.3 is 0 Å². The molecule has 0 spiro atoms. The molecule has 124 valence electrons. The minimum absolute atomic E-state index is 0.932. The standard InChI is InChI=1S/C24H23N/c1-3-9-20(10-4-1)17-25(18-21-11-5-2-6-12-21)19-23-16-15-22-13-7-8-14-24(22)23/h1-14,19H,15-18H2/b23-19+. The lowest BCUT2D eigenvalue weighted by Gasteiger charge is -2.22. The van der Waals surface area contributed by atoms with Crippen molar-refractivity contribution >= 4 is 5.57 Å². The highest BCUT2D eigenvalue weighted by molar-refractivity contribution is 5.72. The molecule has 1 nitrogen and oxygen atoms in total. The van der Waals surface area contributed by atoms with E-state index in [4.69, 9.17) is 0 Å². The summed E-state index contributed by atoms with van der Waals surface area (Å²) in [6.45, 7) is 1.86. The summed E-state index contributed by atoms with van der Waals surface area (Å²) < 4.78 is 0. The van der Waals surface area contributed by atoms with Crippen molar-refractivity contribution in [3.05, 3.63) is 113 Å². The highest BCUT2D eigenvalue weighted by atomic mass is 15.1. The molecule has 25 heavy (non-hydrogen) atoms. The van der Waals surface area contributed by atoms with Crippen LogP contribution in [0.2, 0.25) is 0 Å². The van der Waals surface area contributed by atoms with Gasteiger partial charge in [0.1, 0.15) is 0 Å². The van der Waals surface area contributed by atoms with Crippen molar-refractivity contribution in [3.63, 3.8) is 0 Å². The smallest absolute Gasteiger partial charge is 0.0427 e. The van der Waals surface area contributed by atoms with E-state index in [1.165, 1.54) is 27.8 Å². The third-order valence-electron chi connectivity index (χ3n) is 4.82. The van der Waals surface area contributed by atoms with E-state index in [0.29, 0.717) is 0 Å². The molecule has 0 atom stereocenters. The van der Waals surface area contributed by atoms with Crippen LogP contribution in [0.4, 0.5) is 0 Å². The number of hydrogen-bond acceptors (Lipinski definition) is 1. The van der Waals surface area contributed by atoms with Crippen LogP contribution in [0, 0.1) is 0 Å². The molecule has 1 heteroatoms. The monoisotopic (exact) mass is 325 g/mol. The number of allylic oxidation sites excluding steroid dienone is 1. The van der Waals surface area contributed by atoms with Crippen LogP contribution in [-0.2, 0) is 19.5 Å². The maximum absolute atomic E-state index is 2.45. The number of benzene rings is 3. The van der Waals surface area contributed by atoms with Crippen LogP contribution in [0.25, 0.3) is 5.57 Å². The van der Waals surface area contributed by atoms with Crippen LogP contribution in [0.3, 0.4) is 0 Å². The Balaban J connectivity index is 1.62. The summed E-state index contributed by atoms with van der Waals surface area (Å²) >= 11 is 0. The summed E-state index contributed by atoms with van der Waals surface area (Å²) in [5, 5.41) is 0. The zero-order valence-corrected chi connectivity index (χ0v) is 14.4. The predicted molar refractivity (Wildman–Crippen MR) is 105 cm³/mol. The summed E-state index contributed by atoms with van der Waals surface area (Å²) in [6, 6.07) is 30.3. The summed E-state index contributed by atoms with van der Waals surface area (Å²) in [5.41, 5.74) is 7.06. The number of hydrogen-bond donors (Lipinski definition) is 0. The van der Waals surface area contributed by atoms with Gasteiger partial charge in [-0.1, -0.05) is 84.9 Å². The third-order valence-corrected chi connectivity index (χ3v) is 4.82. The van der Waals surface area contributed by atoms with Gasteiger partial charge in [0.25, 0.3) is 0 Å². The molecule has 1 aliphatic carbocycles. The van der Waals surface area contributed by atoms with Gasteiger partial charge in [0, 0.05) is 19.3 Å². The first-order valence-corrected chi connectivity index (χ1v) is 8.99. The van der Waals surface area contributed by atoms with Crippen molar-refractivity contribution in [3.8, 4) is 0 Å². The molecule has 3 aromatic rings. The zero-order chi connectivity index (χ0) is 16.9. The van der Waals surface area contributed by atoms with Crippen molar-refractivity contribution in [1.82, 2.24) is 4.90 Å². The van der Waals surface area contributed by atoms with E-state index < -0.39 is 0 Å². The van der Waals surface area contributed by atoms with Gasteiger partial charge in [0.15, 0.2) is 0 Å². The largest absolute Gasteiger partial charge is 0.369 e. The number of nitrogens with zero attached hydrogens (tertiary/aromatic N) is 1. The second kappa shape index (κ2) is 7.40. The molecule has 3 aromatic carbocycles. The summed E-state index contributed by atoms with van der Waals surface area (Å²) in [7, 11) is 0. The predicted octanol–water partition coefficient (Wildman–Crippen LogP) is 5.68. The van der Waals surface area contributed by atoms with Crippen molar-refractivity contribution in [2.75, 3.05) is 0 Å². The second-order valence-corrected chi connectivity index (χ2v) is 6.69. The Morgan fingerprint density at radius 1 is 0.640 bits per heavy atom. The average Bonchev–Trinajstić information content (AvgIpc) is 3.06. The second-order valence-electron chi connectivity index (χ2n) is 6.69. The van der Waals surface area contributed by atoms with Gasteiger partial charge in [-0.3, -0.25) is 0 Å². The van der Waals surface area contributed by atoms with Gasteiger partial charge in [0.05, 0.1) is 0 Å². The Hall–Kier alpha value is -2.80. The van der Waals surface area contributed by atoms with E-state index in [1.54, 1.807) is 0 Å². The number of fused-ring (bicyclic) bond motifs is 1. The molecular formula is C24H23N. The minimum atomic E-state index is 0.932. The van der Waals surface area contributed by atoms with Crippen molar-refractivity contribution in [1.29, 1.82) is 0 Å². The van der Waals surface area contributed by atoms with Crippen molar-refractivity contribution < 1.29 is 0 Å². The Morgan fingerprint density at radius 3 is 1.84 bits per heavy atom. The van der Waals surface area contributed by atoms with Crippen molar-refractivity contribution in [2.24, 2.45) is 0 Å². The highest BCUT2D eigenvalue weighted by Crippen LogP contribution is 2.32. The first-order valence-electron chi connectivity index (χ1n) is 8.99. The first kappa shape index (κ1) is 15.7. The van der Waals surface area contributed by atoms with Gasteiger partial charge in [-0.2, -0.15) is 0 Å². The van der Waals surface area contributed by atoms with Crippen LogP contribution < -0.4 is 0 Å². The molecule has 0 aromatic heterocycles. The molecule has 0 aliphatic heterocycles. The van der Waals surface area contributed by atoms with Crippen LogP contribution in [0.5, 0.6) is 0 Å². The molecule has 4 rings (SSSR count). The zero-order valence-electron chi connectivity index (χ0n) is 14.4. The van der Waals surface area contributed by atoms with Crippen LogP contribution in [-0.4, -0.2) is 4.90 Å². The van der Waals surface area contributed by atoms with Gasteiger partial charge < -0.3 is 4.90 Å². The Bertz CT molecular complexity index is 808. The fourth-order valence-corrected chi connectivity index (χ4v) is 3.59. The highest BCUT2D eigenvalue weighted by Gasteiger charge is 2.16. The molecule has 0 unspecified atom stereocenters. The lowest BCUT2D eigenvalue weighted by atomic mass is 10.1. The van der Waals surface area contributed by atoms with Crippen LogP contribution in [0.1, 0.15) is 28.7 Å². The van der Waals surface area contributed by atoms with Gasteiger partial charge in [-0.25, -0.2) is 0 Å². The summed E-state index contributed by atoms with van der Waals surface area (Å²) in [6.07, 6.45) is 4.68. The van der Waals surface area contributed by atoms with Gasteiger partial charge in [-0.15, -0.1) is 0 Å². The van der Waals surface area contributed by atoms with Gasteiger partial charge in [-0.05, 0) is 40.7 Å². The SMILES string of the molecule is C(=C1/CCc2ccccc21)/N(Cc1ccccc1)Cc1ccccc1. The number of aryl methyl sites for hydroxylation is 1. The molecule has 0 saturated carbocycles. The van der Waals surface area contributed by atoms with Crippen LogP contribution >= 0.6 is 0 Å². The van der Waals surface area contributed by atoms with E-state index >= 15 is 0 Å². The van der Waals surface area contributed by atoms with Crippen LogP contribution in [0.15, 0.2) is 91.1 Å². The molecule has 0 bridgehead atoms. The van der Waals surface area contributed by atoms with Gasteiger partial charge in [0.2, 0.25) is 0 Å². The van der Waals surface area contributed by atoms with Crippen molar-refractivity contribution in [2.45, 2.75) is 25.9 Å². The summed E-state index contributed by atoms with van der Waals surface area (Å²) in [4.78, 5) is 2.45. The van der Waals surface area contributed by atoms with E-state index in [1.807, 2.05) is 0 Å². The first-order chi connectivity index (χ1) is 12.4. The molecule has 0 fully saturated rings. The molecule has 0 saturated heterocycles. The quantitative estimate of drug-likeness (QED) is 0.583. The molecule has 0 N–H and O–H groups in total. The molecule has 1 aliphatic rings. The average molecular weight is 325 g/mol. The number of rotatable bonds is 5. The lowest BCUT2D eigenvalue weighted by Crippen LogP contribution is -2.17. The fraction of sp³-hybridized carbons (Fsp3) is 0.167. The fourth-order valence-electron chi connectivity index (χ4n) is 3.59. The lowest BCUT2D eigenvalue weighted by molar-refractivity contribution is 0.362. The maximum Gasteiger partial charge on any atom is 0.0427 e. The maximum atomic E-state index is 2.45. The van der Waals surface area contributed by atoms with E-state index in [0.717, 1.165) is 25.9 Å². The molecular weight excluding hydrogens is 302 g/mol. The van der Waals surface area contributed by atoms with E-state index in [-0.39, 0.29) is 0 Å².